The van der Waals surface area contributed by atoms with Crippen LogP contribution in [0.15, 0.2) is 55.1 Å². The smallest absolute Gasteiger partial charge is 0.251 e. The number of benzene rings is 1. The molecule has 5 nitrogen and oxygen atoms in total. The van der Waals surface area contributed by atoms with Crippen LogP contribution in [-0.2, 0) is 0 Å². The molecule has 0 amide bonds. The number of rotatable bonds is 3. The van der Waals surface area contributed by atoms with Gasteiger partial charge in [-0.2, -0.15) is 9.78 Å². The molecule has 3 heterocycles. The lowest BCUT2D eigenvalue weighted by Crippen LogP contribution is -2.03. The van der Waals surface area contributed by atoms with Gasteiger partial charge in [-0.15, -0.1) is 0 Å². The predicted molar refractivity (Wildman–Crippen MR) is 91.8 cm³/mol. The number of fused-ring (bicyclic) bond motifs is 1. The van der Waals surface area contributed by atoms with Crippen molar-refractivity contribution < 1.29 is 4.39 Å². The standard InChI is InChI=1S/C19H14FN5/c20-16-4-2-1-3-14(16)13-9-22-19(23-10-13)25-17-7-8-21-11-15(17)18(24-25)12-5-6-12/h1-4,7-12H,5-6H2. The summed E-state index contributed by atoms with van der Waals surface area (Å²) in [6, 6.07) is 8.52. The number of halogens is 1. The van der Waals surface area contributed by atoms with E-state index in [2.05, 4.69) is 15.0 Å². The Bertz CT molecular complexity index is 1070. The summed E-state index contributed by atoms with van der Waals surface area (Å²) in [7, 11) is 0. The fourth-order valence-electron chi connectivity index (χ4n) is 3.06. The van der Waals surface area contributed by atoms with Crippen LogP contribution in [0.4, 0.5) is 4.39 Å². The third-order valence-corrected chi connectivity index (χ3v) is 4.49. The summed E-state index contributed by atoms with van der Waals surface area (Å²) in [5.74, 6) is 0.694. The minimum absolute atomic E-state index is 0.287. The third-order valence-electron chi connectivity index (χ3n) is 4.49. The van der Waals surface area contributed by atoms with E-state index in [1.54, 1.807) is 41.5 Å². The van der Waals surface area contributed by atoms with Crippen molar-refractivity contribution in [3.63, 3.8) is 0 Å². The summed E-state index contributed by atoms with van der Waals surface area (Å²) in [6.45, 7) is 0. The van der Waals surface area contributed by atoms with E-state index in [9.17, 15) is 4.39 Å². The molecule has 1 saturated carbocycles. The van der Waals surface area contributed by atoms with Gasteiger partial charge in [0.25, 0.3) is 5.95 Å². The van der Waals surface area contributed by atoms with Gasteiger partial charge in [-0.25, -0.2) is 14.4 Å². The molecule has 1 aromatic carbocycles. The molecule has 0 N–H and O–H groups in total. The van der Waals surface area contributed by atoms with Crippen molar-refractivity contribution in [1.29, 1.82) is 0 Å². The van der Waals surface area contributed by atoms with Crippen LogP contribution in [0.3, 0.4) is 0 Å². The molecule has 0 saturated heterocycles. The van der Waals surface area contributed by atoms with E-state index in [1.165, 1.54) is 6.07 Å². The highest BCUT2D eigenvalue weighted by Gasteiger charge is 2.29. The van der Waals surface area contributed by atoms with Gasteiger partial charge in [-0.1, -0.05) is 18.2 Å². The Balaban J connectivity index is 1.60. The molecule has 4 aromatic rings. The maximum Gasteiger partial charge on any atom is 0.251 e. The third kappa shape index (κ3) is 2.38. The fourth-order valence-corrected chi connectivity index (χ4v) is 3.06. The number of hydrogen-bond donors (Lipinski definition) is 0. The van der Waals surface area contributed by atoms with Gasteiger partial charge in [-0.05, 0) is 25.0 Å². The van der Waals surface area contributed by atoms with Crippen LogP contribution in [0.1, 0.15) is 24.5 Å². The molecule has 122 valence electrons. The molecule has 5 rings (SSSR count). The highest BCUT2D eigenvalue weighted by Crippen LogP contribution is 2.42. The van der Waals surface area contributed by atoms with Gasteiger partial charge in [0.15, 0.2) is 0 Å². The Morgan fingerprint density at radius 1 is 1.00 bits per heavy atom. The maximum absolute atomic E-state index is 13.9. The van der Waals surface area contributed by atoms with Crippen LogP contribution >= 0.6 is 0 Å². The minimum atomic E-state index is -0.287. The first-order valence-electron chi connectivity index (χ1n) is 8.21. The Kier molecular flexibility index (Phi) is 3.09. The Morgan fingerprint density at radius 2 is 1.80 bits per heavy atom. The van der Waals surface area contributed by atoms with Gasteiger partial charge in [0, 0.05) is 47.2 Å². The van der Waals surface area contributed by atoms with Crippen LogP contribution < -0.4 is 0 Å². The second-order valence-corrected chi connectivity index (χ2v) is 6.22. The highest BCUT2D eigenvalue weighted by molar-refractivity contribution is 5.83. The molecule has 0 atom stereocenters. The zero-order valence-electron chi connectivity index (χ0n) is 13.3. The minimum Gasteiger partial charge on any atom is -0.264 e. The summed E-state index contributed by atoms with van der Waals surface area (Å²) in [6.07, 6.45) is 9.17. The molecule has 1 aliphatic carbocycles. The monoisotopic (exact) mass is 331 g/mol. The summed E-state index contributed by atoms with van der Waals surface area (Å²) in [5.41, 5.74) is 3.13. The van der Waals surface area contributed by atoms with Crippen molar-refractivity contribution in [2.24, 2.45) is 0 Å². The Labute approximate surface area is 143 Å². The fraction of sp³-hybridized carbons (Fsp3) is 0.158. The Hall–Kier alpha value is -3.15. The lowest BCUT2D eigenvalue weighted by Gasteiger charge is -2.04. The van der Waals surface area contributed by atoms with Crippen LogP contribution in [0.25, 0.3) is 28.0 Å². The van der Waals surface area contributed by atoms with Gasteiger partial charge in [0.05, 0.1) is 11.2 Å². The van der Waals surface area contributed by atoms with Gasteiger partial charge in [0.1, 0.15) is 5.82 Å². The summed E-state index contributed by atoms with van der Waals surface area (Å²) >= 11 is 0. The first kappa shape index (κ1) is 14.2. The van der Waals surface area contributed by atoms with Crippen molar-refractivity contribution in [3.8, 4) is 17.1 Å². The second kappa shape index (κ2) is 5.44. The highest BCUT2D eigenvalue weighted by atomic mass is 19.1. The summed E-state index contributed by atoms with van der Waals surface area (Å²) in [5, 5.41) is 5.77. The zero-order valence-corrected chi connectivity index (χ0v) is 13.3. The van der Waals surface area contributed by atoms with E-state index < -0.39 is 0 Å². The SMILES string of the molecule is Fc1ccccc1-c1cnc(-n2nc(C3CC3)c3cnccc32)nc1. The first-order valence-corrected chi connectivity index (χ1v) is 8.21. The molecule has 1 aliphatic rings. The van der Waals surface area contributed by atoms with E-state index in [1.807, 2.05) is 12.3 Å². The second-order valence-electron chi connectivity index (χ2n) is 6.22. The van der Waals surface area contributed by atoms with Crippen molar-refractivity contribution >= 4 is 10.9 Å². The first-order chi connectivity index (χ1) is 12.3. The summed E-state index contributed by atoms with van der Waals surface area (Å²) in [4.78, 5) is 13.0. The van der Waals surface area contributed by atoms with Crippen molar-refractivity contribution in [1.82, 2.24) is 24.7 Å². The zero-order chi connectivity index (χ0) is 16.8. The van der Waals surface area contributed by atoms with E-state index in [-0.39, 0.29) is 5.82 Å². The lowest BCUT2D eigenvalue weighted by atomic mass is 10.1. The van der Waals surface area contributed by atoms with Gasteiger partial charge in [-0.3, -0.25) is 4.98 Å². The Morgan fingerprint density at radius 3 is 2.56 bits per heavy atom. The predicted octanol–water partition coefficient (Wildman–Crippen LogP) is 3.89. The average Bonchev–Trinajstić information content (AvgIpc) is 3.43. The quantitative estimate of drug-likeness (QED) is 0.571. The van der Waals surface area contributed by atoms with Crippen molar-refractivity contribution in [2.75, 3.05) is 0 Å². The van der Waals surface area contributed by atoms with Crippen LogP contribution in [0.2, 0.25) is 0 Å². The average molecular weight is 331 g/mol. The van der Waals surface area contributed by atoms with E-state index >= 15 is 0 Å². The van der Waals surface area contributed by atoms with Crippen molar-refractivity contribution in [3.05, 3.63) is 66.6 Å². The molecule has 0 radical (unpaired) electrons. The molecule has 0 spiro atoms. The topological polar surface area (TPSA) is 56.5 Å². The van der Waals surface area contributed by atoms with Crippen molar-refractivity contribution in [2.45, 2.75) is 18.8 Å². The molecule has 1 fully saturated rings. The number of hydrogen-bond acceptors (Lipinski definition) is 4. The molecule has 0 bridgehead atoms. The largest absolute Gasteiger partial charge is 0.264 e. The van der Waals surface area contributed by atoms with E-state index in [0.717, 1.165) is 29.4 Å². The van der Waals surface area contributed by atoms with E-state index in [4.69, 9.17) is 5.10 Å². The van der Waals surface area contributed by atoms with Crippen LogP contribution in [0.5, 0.6) is 0 Å². The molecular weight excluding hydrogens is 317 g/mol. The van der Waals surface area contributed by atoms with Gasteiger partial charge >= 0.3 is 0 Å². The van der Waals surface area contributed by atoms with Gasteiger partial charge in [0.2, 0.25) is 0 Å². The molecule has 0 aliphatic heterocycles. The van der Waals surface area contributed by atoms with E-state index in [0.29, 0.717) is 23.0 Å². The normalized spacial score (nSPS) is 14.1. The number of pyridine rings is 1. The number of aromatic nitrogens is 5. The molecule has 25 heavy (non-hydrogen) atoms. The van der Waals surface area contributed by atoms with Gasteiger partial charge < -0.3 is 0 Å². The molecular formula is C19H14FN5. The molecule has 3 aromatic heterocycles. The number of nitrogens with zero attached hydrogens (tertiary/aromatic N) is 5. The maximum atomic E-state index is 13.9. The molecule has 0 unspecified atom stereocenters. The van der Waals surface area contributed by atoms with Crippen LogP contribution in [0, 0.1) is 5.82 Å². The molecule has 6 heteroatoms. The lowest BCUT2D eigenvalue weighted by molar-refractivity contribution is 0.631. The summed E-state index contributed by atoms with van der Waals surface area (Å²) < 4.78 is 15.7. The van der Waals surface area contributed by atoms with Crippen LogP contribution in [-0.4, -0.2) is 24.7 Å².